The topological polar surface area (TPSA) is 37.3 Å². The molecule has 4 rings (SSSR count). The van der Waals surface area contributed by atoms with E-state index in [-0.39, 0.29) is 6.71 Å². The molecule has 0 aliphatic carbocycles. The fourth-order valence-electron chi connectivity index (χ4n) is 5.44. The van der Waals surface area contributed by atoms with Crippen LogP contribution in [0.15, 0.2) is 72.8 Å². The van der Waals surface area contributed by atoms with Crippen molar-refractivity contribution >= 4 is 29.1 Å². The molecule has 4 aromatic rings. The van der Waals surface area contributed by atoms with Gasteiger partial charge in [-0.2, -0.15) is 0 Å². The Morgan fingerprint density at radius 3 is 1.29 bits per heavy atom. The average Bonchev–Trinajstić information content (AvgIpc) is 2.77. The number of carboxylic acid groups (broad SMARTS) is 1. The fourth-order valence-corrected chi connectivity index (χ4v) is 5.44. The van der Waals surface area contributed by atoms with Crippen molar-refractivity contribution in [3.05, 3.63) is 112 Å². The van der Waals surface area contributed by atoms with Crippen molar-refractivity contribution in [2.24, 2.45) is 0 Å². The lowest BCUT2D eigenvalue weighted by molar-refractivity contribution is 0.0697. The summed E-state index contributed by atoms with van der Waals surface area (Å²) in [5, 5.41) is 9.18. The van der Waals surface area contributed by atoms with Gasteiger partial charge in [0.15, 0.2) is 0 Å². The zero-order valence-corrected chi connectivity index (χ0v) is 20.9. The van der Waals surface area contributed by atoms with Crippen LogP contribution in [0.1, 0.15) is 43.7 Å². The smallest absolute Gasteiger partial charge is 0.335 e. The third kappa shape index (κ3) is 4.56. The van der Waals surface area contributed by atoms with Gasteiger partial charge < -0.3 is 5.11 Å². The van der Waals surface area contributed by atoms with Crippen LogP contribution in [0, 0.1) is 41.5 Å². The second-order valence-corrected chi connectivity index (χ2v) is 9.56. The van der Waals surface area contributed by atoms with Gasteiger partial charge in [-0.15, -0.1) is 0 Å². The minimum atomic E-state index is -0.905. The second-order valence-electron chi connectivity index (χ2n) is 9.56. The molecule has 0 aliphatic rings. The second kappa shape index (κ2) is 9.34. The number of rotatable bonds is 5. The molecule has 0 aromatic heterocycles. The lowest BCUT2D eigenvalue weighted by Crippen LogP contribution is -2.55. The van der Waals surface area contributed by atoms with Crippen LogP contribution in [0.3, 0.4) is 0 Å². The average molecular weight is 446 g/mol. The van der Waals surface area contributed by atoms with Crippen LogP contribution in [-0.4, -0.2) is 17.8 Å². The first-order valence-electron chi connectivity index (χ1n) is 11.7. The Labute approximate surface area is 203 Å². The summed E-state index contributed by atoms with van der Waals surface area (Å²) in [5.41, 5.74) is 14.2. The Bertz CT molecular complexity index is 1260. The maximum atomic E-state index is 11.2. The Kier molecular flexibility index (Phi) is 6.48. The van der Waals surface area contributed by atoms with E-state index in [4.69, 9.17) is 0 Å². The van der Waals surface area contributed by atoms with Gasteiger partial charge in [-0.1, -0.05) is 110 Å². The van der Waals surface area contributed by atoms with Gasteiger partial charge in [0.2, 0.25) is 6.71 Å². The van der Waals surface area contributed by atoms with Crippen LogP contribution in [0.2, 0.25) is 0 Å². The van der Waals surface area contributed by atoms with E-state index in [0.717, 1.165) is 11.1 Å². The van der Waals surface area contributed by atoms with Crippen LogP contribution in [0.25, 0.3) is 11.1 Å². The predicted octanol–water partition coefficient (Wildman–Crippen LogP) is 5.42. The lowest BCUT2D eigenvalue weighted by atomic mass is 9.34. The molecule has 4 aromatic carbocycles. The first kappa shape index (κ1) is 23.6. The molecule has 0 amide bonds. The number of aromatic carboxylic acids is 1. The quantitative estimate of drug-likeness (QED) is 0.416. The normalized spacial score (nSPS) is 10.9. The molecule has 3 heteroatoms. The molecular formula is C31H31BO2. The van der Waals surface area contributed by atoms with E-state index in [2.05, 4.69) is 90.1 Å². The molecule has 0 atom stereocenters. The molecule has 0 fully saturated rings. The zero-order valence-electron chi connectivity index (χ0n) is 20.9. The van der Waals surface area contributed by atoms with E-state index in [1.54, 1.807) is 12.1 Å². The molecule has 0 aliphatic heterocycles. The van der Waals surface area contributed by atoms with Crippen molar-refractivity contribution in [3.63, 3.8) is 0 Å². The van der Waals surface area contributed by atoms with E-state index in [1.165, 1.54) is 49.8 Å². The third-order valence-electron chi connectivity index (χ3n) is 6.76. The highest BCUT2D eigenvalue weighted by Crippen LogP contribution is 2.20. The highest BCUT2D eigenvalue weighted by atomic mass is 16.4. The highest BCUT2D eigenvalue weighted by Gasteiger charge is 2.28. The van der Waals surface area contributed by atoms with Gasteiger partial charge in [0.25, 0.3) is 0 Å². The minimum absolute atomic E-state index is 0.143. The number of hydrogen-bond donors (Lipinski definition) is 1. The van der Waals surface area contributed by atoms with Crippen LogP contribution < -0.4 is 16.4 Å². The van der Waals surface area contributed by atoms with Gasteiger partial charge >= 0.3 is 5.97 Å². The molecule has 2 nitrogen and oxygen atoms in total. The third-order valence-corrected chi connectivity index (χ3v) is 6.76. The summed E-state index contributed by atoms with van der Waals surface area (Å²) < 4.78 is 0. The van der Waals surface area contributed by atoms with E-state index in [1.807, 2.05) is 12.1 Å². The summed E-state index contributed by atoms with van der Waals surface area (Å²) in [6.45, 7) is 13.3. The van der Waals surface area contributed by atoms with Crippen LogP contribution in [0.4, 0.5) is 0 Å². The SMILES string of the molecule is Cc1cc(C)c(B(c2ccc(-c3ccc(C(=O)O)cc3)cc2)c2c(C)cc(C)cc2C)c(C)c1. The molecule has 0 heterocycles. The lowest BCUT2D eigenvalue weighted by Gasteiger charge is -2.24. The van der Waals surface area contributed by atoms with Crippen molar-refractivity contribution < 1.29 is 9.90 Å². The Morgan fingerprint density at radius 1 is 0.588 bits per heavy atom. The first-order valence-corrected chi connectivity index (χ1v) is 11.7. The number of benzene rings is 4. The van der Waals surface area contributed by atoms with Crippen LogP contribution in [0.5, 0.6) is 0 Å². The molecule has 0 spiro atoms. The fraction of sp³-hybridized carbons (Fsp3) is 0.194. The molecule has 34 heavy (non-hydrogen) atoms. The van der Waals surface area contributed by atoms with Gasteiger partial charge in [-0.05, 0) is 64.8 Å². The molecule has 0 saturated carbocycles. The maximum absolute atomic E-state index is 11.2. The van der Waals surface area contributed by atoms with Gasteiger partial charge in [0, 0.05) is 0 Å². The van der Waals surface area contributed by atoms with Crippen LogP contribution in [-0.2, 0) is 0 Å². The summed E-state index contributed by atoms with van der Waals surface area (Å²) in [7, 11) is 0. The summed E-state index contributed by atoms with van der Waals surface area (Å²) in [5.74, 6) is -0.905. The molecule has 1 N–H and O–H groups in total. The molecule has 0 bridgehead atoms. The molecule has 170 valence electrons. The van der Waals surface area contributed by atoms with Gasteiger partial charge in [0.1, 0.15) is 0 Å². The Balaban J connectivity index is 1.86. The summed E-state index contributed by atoms with van der Waals surface area (Å²) in [4.78, 5) is 11.2. The Hall–Kier alpha value is -3.59. The largest absolute Gasteiger partial charge is 0.478 e. The van der Waals surface area contributed by atoms with Crippen molar-refractivity contribution in [3.8, 4) is 11.1 Å². The van der Waals surface area contributed by atoms with Crippen molar-refractivity contribution in [2.45, 2.75) is 41.5 Å². The predicted molar refractivity (Wildman–Crippen MR) is 145 cm³/mol. The molecule has 0 saturated heterocycles. The van der Waals surface area contributed by atoms with E-state index >= 15 is 0 Å². The number of carbonyl (C=O) groups is 1. The van der Waals surface area contributed by atoms with Crippen molar-refractivity contribution in [1.29, 1.82) is 0 Å². The van der Waals surface area contributed by atoms with Gasteiger partial charge in [-0.3, -0.25) is 0 Å². The number of carboxylic acids is 1. The zero-order chi connectivity index (χ0) is 24.6. The van der Waals surface area contributed by atoms with Crippen LogP contribution >= 0.6 is 0 Å². The van der Waals surface area contributed by atoms with E-state index in [9.17, 15) is 9.90 Å². The minimum Gasteiger partial charge on any atom is -0.478 e. The summed E-state index contributed by atoms with van der Waals surface area (Å²) >= 11 is 0. The number of aryl methyl sites for hydroxylation is 6. The van der Waals surface area contributed by atoms with Crippen molar-refractivity contribution in [2.75, 3.05) is 0 Å². The molecular weight excluding hydrogens is 415 g/mol. The van der Waals surface area contributed by atoms with Gasteiger partial charge in [-0.25, -0.2) is 4.79 Å². The van der Waals surface area contributed by atoms with E-state index in [0.29, 0.717) is 5.56 Å². The molecule has 0 unspecified atom stereocenters. The molecule has 0 radical (unpaired) electrons. The number of hydrogen-bond acceptors (Lipinski definition) is 1. The first-order chi connectivity index (χ1) is 16.2. The Morgan fingerprint density at radius 2 is 0.941 bits per heavy atom. The highest BCUT2D eigenvalue weighted by molar-refractivity contribution is 6.96. The summed E-state index contributed by atoms with van der Waals surface area (Å²) in [6.07, 6.45) is 0. The van der Waals surface area contributed by atoms with E-state index < -0.39 is 5.97 Å². The van der Waals surface area contributed by atoms with Gasteiger partial charge in [0.05, 0.1) is 5.56 Å². The summed E-state index contributed by atoms with van der Waals surface area (Å²) in [6, 6.07) is 24.9. The monoisotopic (exact) mass is 446 g/mol. The van der Waals surface area contributed by atoms with Crippen molar-refractivity contribution in [1.82, 2.24) is 0 Å². The maximum Gasteiger partial charge on any atom is 0.335 e. The standard InChI is InChI=1S/C31H31BO2/c1-19-15-21(3)29(22(4)16-19)32(30-23(5)17-20(2)18-24(30)6)28-13-11-26(12-14-28)25-7-9-27(10-8-25)31(33)34/h7-18H,1-6H3,(H,33,34).